The van der Waals surface area contributed by atoms with Gasteiger partial charge in [-0.1, -0.05) is 127 Å². The van der Waals surface area contributed by atoms with E-state index in [9.17, 15) is 0 Å². The summed E-state index contributed by atoms with van der Waals surface area (Å²) in [5, 5.41) is 6.11. The first-order valence-corrected chi connectivity index (χ1v) is 15.4. The van der Waals surface area contributed by atoms with E-state index in [2.05, 4.69) is 158 Å². The summed E-state index contributed by atoms with van der Waals surface area (Å²) in [6, 6.07) is 56.0. The fourth-order valence-electron chi connectivity index (χ4n) is 4.82. The van der Waals surface area contributed by atoms with E-state index in [-0.39, 0.29) is 0 Å². The second-order valence-electron chi connectivity index (χ2n) is 8.57. The molecule has 0 N–H and O–H groups in total. The molecule has 0 saturated carbocycles. The van der Waals surface area contributed by atoms with Crippen molar-refractivity contribution in [2.45, 2.75) is 5.40 Å². The molecule has 5 rings (SSSR count). The molecule has 0 aliphatic rings. The average molecular weight is 476 g/mol. The molecule has 0 saturated heterocycles. The van der Waals surface area contributed by atoms with E-state index in [1.807, 2.05) is 0 Å². The van der Waals surface area contributed by atoms with Gasteiger partial charge >= 0.3 is 0 Å². The summed E-state index contributed by atoms with van der Waals surface area (Å²) < 4.78 is 0. The molecule has 0 amide bonds. The normalized spacial score (nSPS) is 12.4. The maximum absolute atomic E-state index is 2.55. The Morgan fingerprint density at radius 3 is 1.15 bits per heavy atom. The molecule has 5 aromatic rings. The van der Waals surface area contributed by atoms with Gasteiger partial charge in [-0.25, -0.2) is 0 Å². The van der Waals surface area contributed by atoms with Crippen LogP contribution in [-0.2, 0) is 0 Å². The third kappa shape index (κ3) is 4.50. The zero-order valence-electron chi connectivity index (χ0n) is 19.4. The molecule has 0 spiro atoms. The van der Waals surface area contributed by atoms with Crippen molar-refractivity contribution in [3.63, 3.8) is 0 Å². The van der Waals surface area contributed by atoms with Crippen molar-refractivity contribution < 1.29 is 0 Å². The highest BCUT2D eigenvalue weighted by atomic mass is 31.2. The minimum Gasteiger partial charge on any atom is -0.0622 e. The van der Waals surface area contributed by atoms with Crippen LogP contribution in [0.15, 0.2) is 152 Å². The second kappa shape index (κ2) is 10.5. The van der Waals surface area contributed by atoms with Crippen molar-refractivity contribution in [2.75, 3.05) is 6.66 Å². The summed E-state index contributed by atoms with van der Waals surface area (Å²) in [6.07, 6.45) is 0. The summed E-state index contributed by atoms with van der Waals surface area (Å²) in [5.74, 6) is 0. The molecule has 0 aromatic heterocycles. The molecule has 34 heavy (non-hydrogen) atoms. The van der Waals surface area contributed by atoms with Crippen LogP contribution in [0.3, 0.4) is 0 Å². The van der Waals surface area contributed by atoms with Gasteiger partial charge < -0.3 is 0 Å². The van der Waals surface area contributed by atoms with Crippen molar-refractivity contribution in [3.05, 3.63) is 157 Å². The van der Waals surface area contributed by atoms with Gasteiger partial charge in [-0.2, -0.15) is 0 Å². The molecule has 1 unspecified atom stereocenters. The van der Waals surface area contributed by atoms with Crippen LogP contribution in [0.25, 0.3) is 0 Å². The van der Waals surface area contributed by atoms with E-state index in [0.29, 0.717) is 5.40 Å². The van der Waals surface area contributed by atoms with Gasteiger partial charge in [0.05, 0.1) is 24.5 Å². The Morgan fingerprint density at radius 1 is 0.441 bits per heavy atom. The van der Waals surface area contributed by atoms with Gasteiger partial charge in [0.1, 0.15) is 5.40 Å². The first-order valence-electron chi connectivity index (χ1n) is 11.7. The smallest absolute Gasteiger partial charge is 0.0622 e. The summed E-state index contributed by atoms with van der Waals surface area (Å²) in [7, 11) is -2.54. The molecule has 0 fully saturated rings. The molecule has 0 aliphatic carbocycles. The minimum atomic E-state index is -1.86. The van der Waals surface area contributed by atoms with Crippen molar-refractivity contribution >= 4 is 36.4 Å². The van der Waals surface area contributed by atoms with Crippen LogP contribution < -0.4 is 21.2 Å². The van der Waals surface area contributed by atoms with E-state index in [4.69, 9.17) is 0 Å². The van der Waals surface area contributed by atoms with Gasteiger partial charge in [0.25, 0.3) is 0 Å². The lowest BCUT2D eigenvalue weighted by Gasteiger charge is -2.37. The molecule has 166 valence electrons. The van der Waals surface area contributed by atoms with Gasteiger partial charge in [0.15, 0.2) is 0 Å². The molecular weight excluding hydrogens is 446 g/mol. The van der Waals surface area contributed by atoms with E-state index < -0.39 is 15.2 Å². The maximum atomic E-state index is 2.55. The Hall–Kier alpha value is -3.04. The lowest BCUT2D eigenvalue weighted by molar-refractivity contribution is 1.33. The first-order chi connectivity index (χ1) is 16.8. The van der Waals surface area contributed by atoms with Crippen molar-refractivity contribution in [2.24, 2.45) is 0 Å². The number of rotatable bonds is 7. The fourth-order valence-corrected chi connectivity index (χ4v) is 13.8. The van der Waals surface area contributed by atoms with E-state index in [0.717, 1.165) is 0 Å². The van der Waals surface area contributed by atoms with Crippen molar-refractivity contribution in [1.82, 2.24) is 0 Å². The Bertz CT molecular complexity index is 1210. The zero-order valence-corrected chi connectivity index (χ0v) is 21.2. The highest BCUT2D eigenvalue weighted by Crippen LogP contribution is 2.75. The molecule has 0 aliphatic heterocycles. The highest BCUT2D eigenvalue weighted by Gasteiger charge is 2.51. The fraction of sp³-hybridized carbons (Fsp3) is 0.0625. The van der Waals surface area contributed by atoms with Crippen LogP contribution in [0.1, 0.15) is 11.0 Å². The summed E-state index contributed by atoms with van der Waals surface area (Å²) in [6.45, 7) is 2.55. The summed E-state index contributed by atoms with van der Waals surface area (Å²) in [5.41, 5.74) is 1.42. The number of hydrogen-bond donors (Lipinski definition) is 0. The molecule has 0 heterocycles. The quantitative estimate of drug-likeness (QED) is 0.220. The predicted molar refractivity (Wildman–Crippen MR) is 153 cm³/mol. The summed E-state index contributed by atoms with van der Waals surface area (Å²) >= 11 is 0. The lowest BCUT2D eigenvalue weighted by atomic mass is 10.2. The Kier molecular flexibility index (Phi) is 7.01. The standard InChI is InChI=1S/C32H29P2/c1-34(30-23-13-5-14-24-30,31-25-15-6-16-26-31)32(27-17-7-2-8-18-27)33(28-19-9-3-10-20-28)29-21-11-4-12-22-29/h2-26,32H,1H3/q+1. The Morgan fingerprint density at radius 2 is 0.765 bits per heavy atom. The van der Waals surface area contributed by atoms with Gasteiger partial charge in [-0.05, 0) is 40.4 Å². The third-order valence-corrected chi connectivity index (χ3v) is 15.1. The van der Waals surface area contributed by atoms with Gasteiger partial charge in [-0.15, -0.1) is 0 Å². The van der Waals surface area contributed by atoms with Crippen LogP contribution in [0.2, 0.25) is 0 Å². The van der Waals surface area contributed by atoms with Crippen LogP contribution in [0.5, 0.6) is 0 Å². The molecule has 0 nitrogen and oxygen atoms in total. The van der Waals surface area contributed by atoms with Crippen LogP contribution in [0, 0.1) is 0 Å². The zero-order chi connectivity index (χ0) is 23.2. The van der Waals surface area contributed by atoms with E-state index in [1.165, 1.54) is 26.8 Å². The molecule has 5 aromatic carbocycles. The average Bonchev–Trinajstić information content (AvgIpc) is 2.93. The Balaban J connectivity index is 1.84. The molecule has 0 bridgehead atoms. The van der Waals surface area contributed by atoms with Crippen molar-refractivity contribution in [3.8, 4) is 0 Å². The summed E-state index contributed by atoms with van der Waals surface area (Å²) in [4.78, 5) is 0. The maximum Gasteiger partial charge on any atom is 0.130 e. The molecular formula is C32H29P2+. The monoisotopic (exact) mass is 475 g/mol. The minimum absolute atomic E-state index is 0.346. The number of benzene rings is 5. The van der Waals surface area contributed by atoms with Crippen LogP contribution in [0.4, 0.5) is 0 Å². The molecule has 0 radical (unpaired) electrons. The second-order valence-corrected chi connectivity index (χ2v) is 15.0. The topological polar surface area (TPSA) is 0 Å². The predicted octanol–water partition coefficient (Wildman–Crippen LogP) is 7.12. The number of hydrogen-bond acceptors (Lipinski definition) is 0. The van der Waals surface area contributed by atoms with Gasteiger partial charge in [0, 0.05) is 7.92 Å². The third-order valence-electron chi connectivity index (χ3n) is 6.49. The van der Waals surface area contributed by atoms with Gasteiger partial charge in [0.2, 0.25) is 0 Å². The Labute approximate surface area is 205 Å². The van der Waals surface area contributed by atoms with Crippen LogP contribution >= 0.6 is 15.2 Å². The van der Waals surface area contributed by atoms with Crippen molar-refractivity contribution in [1.29, 1.82) is 0 Å². The SMILES string of the molecule is C[P+](c1ccccc1)(c1ccccc1)C(c1ccccc1)P(c1ccccc1)c1ccccc1. The van der Waals surface area contributed by atoms with Crippen LogP contribution in [-0.4, -0.2) is 6.66 Å². The van der Waals surface area contributed by atoms with Gasteiger partial charge in [-0.3, -0.25) is 0 Å². The van der Waals surface area contributed by atoms with E-state index in [1.54, 1.807) is 0 Å². The first kappa shape index (κ1) is 22.7. The molecule has 2 heteroatoms. The van der Waals surface area contributed by atoms with E-state index >= 15 is 0 Å². The lowest BCUT2D eigenvalue weighted by Crippen LogP contribution is -2.29. The largest absolute Gasteiger partial charge is 0.130 e. The molecule has 1 atom stereocenters. The highest BCUT2D eigenvalue weighted by molar-refractivity contribution is 7.98.